The van der Waals surface area contributed by atoms with Crippen LogP contribution in [0.15, 0.2) is 30.3 Å². The van der Waals surface area contributed by atoms with E-state index >= 15 is 0 Å². The van der Waals surface area contributed by atoms with Gasteiger partial charge in [-0.05, 0) is 0 Å². The summed E-state index contributed by atoms with van der Waals surface area (Å²) >= 11 is 0. The van der Waals surface area contributed by atoms with Gasteiger partial charge in [0.1, 0.15) is 0 Å². The Bertz CT molecular complexity index is 66.9. The maximum atomic E-state index is 2.00. The standard InChI is InChI=1S/C5H5.2BrH.Hf/c1-2-4-5-3-1;;;/h1-5H;2*1H;/q-1;;;/p-2. The summed E-state index contributed by atoms with van der Waals surface area (Å²) in [5, 5.41) is 0. The fourth-order valence-electron chi connectivity index (χ4n) is 0.321. The van der Waals surface area contributed by atoms with Gasteiger partial charge in [-0.3, -0.25) is 0 Å². The Hall–Kier alpha value is 1.18. The SMILES string of the molecule is [Br-].[Br-].[Hf].c1cc[cH-]c1. The minimum Gasteiger partial charge on any atom is -1.00 e. The molecule has 0 spiro atoms. The van der Waals surface area contributed by atoms with E-state index < -0.39 is 0 Å². The summed E-state index contributed by atoms with van der Waals surface area (Å²) < 4.78 is 0. The van der Waals surface area contributed by atoms with Crippen LogP contribution < -0.4 is 34.0 Å². The fraction of sp³-hybridized carbons (Fsp3) is 0. The zero-order valence-electron chi connectivity index (χ0n) is 4.14. The van der Waals surface area contributed by atoms with Crippen molar-refractivity contribution in [1.82, 2.24) is 0 Å². The van der Waals surface area contributed by atoms with Gasteiger partial charge in [0.15, 0.2) is 0 Å². The second-order valence-electron chi connectivity index (χ2n) is 0.962. The van der Waals surface area contributed by atoms with E-state index in [1.165, 1.54) is 0 Å². The monoisotopic (exact) mass is 403 g/mol. The van der Waals surface area contributed by atoms with E-state index in [1.807, 2.05) is 30.3 Å². The minimum absolute atomic E-state index is 0. The van der Waals surface area contributed by atoms with Crippen LogP contribution in [0.5, 0.6) is 0 Å². The van der Waals surface area contributed by atoms with Crippen LogP contribution in [0.2, 0.25) is 0 Å². The van der Waals surface area contributed by atoms with Gasteiger partial charge in [-0.1, -0.05) is 0 Å². The Kier molecular flexibility index (Phi) is 22.2. The average molecular weight is 403 g/mol. The van der Waals surface area contributed by atoms with E-state index in [1.54, 1.807) is 0 Å². The van der Waals surface area contributed by atoms with Gasteiger partial charge in [0, 0.05) is 25.8 Å². The van der Waals surface area contributed by atoms with Gasteiger partial charge in [0.2, 0.25) is 0 Å². The van der Waals surface area contributed by atoms with E-state index in [0.717, 1.165) is 0 Å². The Morgan fingerprint density at radius 1 is 0.875 bits per heavy atom. The molecule has 0 aliphatic rings. The van der Waals surface area contributed by atoms with Gasteiger partial charge < -0.3 is 34.0 Å². The Morgan fingerprint density at radius 3 is 1.38 bits per heavy atom. The van der Waals surface area contributed by atoms with Crippen LogP contribution in [0, 0.1) is 0 Å². The average Bonchev–Trinajstić information content (AvgIpc) is 1.76. The van der Waals surface area contributed by atoms with Crippen molar-refractivity contribution in [1.29, 1.82) is 0 Å². The molecular formula is C5H5Br2Hf-3. The van der Waals surface area contributed by atoms with Crippen molar-refractivity contribution in [2.75, 3.05) is 0 Å². The molecule has 0 atom stereocenters. The first-order valence-corrected chi connectivity index (χ1v) is 1.67. The second kappa shape index (κ2) is 11.0. The van der Waals surface area contributed by atoms with Crippen molar-refractivity contribution in [3.63, 3.8) is 0 Å². The summed E-state index contributed by atoms with van der Waals surface area (Å²) in [6, 6.07) is 10.0. The number of rotatable bonds is 0. The van der Waals surface area contributed by atoms with Crippen LogP contribution in [-0.4, -0.2) is 0 Å². The molecular weight excluding hydrogens is 398 g/mol. The summed E-state index contributed by atoms with van der Waals surface area (Å²) in [6.07, 6.45) is 0. The first-order chi connectivity index (χ1) is 2.50. The van der Waals surface area contributed by atoms with E-state index in [9.17, 15) is 0 Å². The van der Waals surface area contributed by atoms with E-state index in [-0.39, 0.29) is 59.8 Å². The molecule has 3 heteroatoms. The van der Waals surface area contributed by atoms with Crippen molar-refractivity contribution >= 4 is 0 Å². The first kappa shape index (κ1) is 16.1. The maximum Gasteiger partial charge on any atom is 0 e. The molecule has 0 nitrogen and oxygen atoms in total. The molecule has 0 saturated carbocycles. The molecule has 0 unspecified atom stereocenters. The predicted octanol–water partition coefficient (Wildman–Crippen LogP) is -4.59. The summed E-state index contributed by atoms with van der Waals surface area (Å²) in [4.78, 5) is 0. The molecule has 46 valence electrons. The van der Waals surface area contributed by atoms with E-state index in [2.05, 4.69) is 0 Å². The predicted molar refractivity (Wildman–Crippen MR) is 22.0 cm³/mol. The third-order valence-corrected chi connectivity index (χ3v) is 0.556. The molecule has 8 heavy (non-hydrogen) atoms. The summed E-state index contributed by atoms with van der Waals surface area (Å²) in [7, 11) is 0. The van der Waals surface area contributed by atoms with Crippen molar-refractivity contribution < 1.29 is 59.8 Å². The molecule has 0 heterocycles. The molecule has 0 aliphatic carbocycles. The third kappa shape index (κ3) is 7.18. The fourth-order valence-corrected chi connectivity index (χ4v) is 0.321. The van der Waals surface area contributed by atoms with Crippen molar-refractivity contribution in [3.8, 4) is 0 Å². The maximum absolute atomic E-state index is 2.00. The Labute approximate surface area is 89.4 Å². The molecule has 0 aliphatic heterocycles. The zero-order valence-corrected chi connectivity index (χ0v) is 10.9. The van der Waals surface area contributed by atoms with Crippen LogP contribution in [0.4, 0.5) is 0 Å². The molecule has 0 N–H and O–H groups in total. The topological polar surface area (TPSA) is 0 Å². The quantitative estimate of drug-likeness (QED) is 0.302. The molecule has 0 amide bonds. The summed E-state index contributed by atoms with van der Waals surface area (Å²) in [5.74, 6) is 0. The van der Waals surface area contributed by atoms with Crippen molar-refractivity contribution in [2.45, 2.75) is 0 Å². The van der Waals surface area contributed by atoms with Gasteiger partial charge in [0.05, 0.1) is 0 Å². The van der Waals surface area contributed by atoms with Crippen molar-refractivity contribution in [2.24, 2.45) is 0 Å². The van der Waals surface area contributed by atoms with Crippen molar-refractivity contribution in [3.05, 3.63) is 30.3 Å². The normalized spacial score (nSPS) is 5.00. The smallest absolute Gasteiger partial charge is 0 e. The third-order valence-electron chi connectivity index (χ3n) is 0.556. The Balaban J connectivity index is -0.0000000833. The van der Waals surface area contributed by atoms with Gasteiger partial charge in [-0.25, -0.2) is 12.1 Å². The van der Waals surface area contributed by atoms with E-state index in [4.69, 9.17) is 0 Å². The van der Waals surface area contributed by atoms with Gasteiger partial charge in [-0.15, -0.1) is 0 Å². The van der Waals surface area contributed by atoms with Gasteiger partial charge in [0.25, 0.3) is 0 Å². The molecule has 0 fully saturated rings. The van der Waals surface area contributed by atoms with Crippen LogP contribution in [0.25, 0.3) is 0 Å². The first-order valence-electron chi connectivity index (χ1n) is 1.67. The van der Waals surface area contributed by atoms with E-state index in [0.29, 0.717) is 0 Å². The van der Waals surface area contributed by atoms with Crippen LogP contribution >= 0.6 is 0 Å². The minimum atomic E-state index is 0. The number of halogens is 2. The molecule has 1 rings (SSSR count). The molecule has 0 radical (unpaired) electrons. The molecule has 0 bridgehead atoms. The number of hydrogen-bond donors (Lipinski definition) is 0. The molecule has 0 saturated heterocycles. The molecule has 1 aromatic carbocycles. The van der Waals surface area contributed by atoms with Gasteiger partial charge in [-0.2, -0.15) is 18.2 Å². The Morgan fingerprint density at radius 2 is 1.25 bits per heavy atom. The molecule has 0 aromatic heterocycles. The second-order valence-corrected chi connectivity index (χ2v) is 0.962. The van der Waals surface area contributed by atoms with Crippen LogP contribution in [0.1, 0.15) is 0 Å². The number of hydrogen-bond acceptors (Lipinski definition) is 0. The largest absolute Gasteiger partial charge is 1.00 e. The van der Waals surface area contributed by atoms with Crippen LogP contribution in [-0.2, 0) is 25.8 Å². The summed E-state index contributed by atoms with van der Waals surface area (Å²) in [5.41, 5.74) is 0. The zero-order chi connectivity index (χ0) is 3.54. The van der Waals surface area contributed by atoms with Crippen LogP contribution in [0.3, 0.4) is 0 Å². The van der Waals surface area contributed by atoms with Gasteiger partial charge >= 0.3 is 0 Å². The molecule has 1 aromatic rings. The summed E-state index contributed by atoms with van der Waals surface area (Å²) in [6.45, 7) is 0.